The number of hydrogen-bond donors (Lipinski definition) is 1. The van der Waals surface area contributed by atoms with Crippen molar-refractivity contribution in [3.63, 3.8) is 0 Å². The smallest absolute Gasteiger partial charge is 0.0705 e. The highest BCUT2D eigenvalue weighted by molar-refractivity contribution is 5.16. The number of nitrogens with zero attached hydrogens (tertiary/aromatic N) is 2. The van der Waals surface area contributed by atoms with E-state index < -0.39 is 0 Å². The third-order valence-electron chi connectivity index (χ3n) is 6.21. The van der Waals surface area contributed by atoms with E-state index in [1.54, 1.807) is 0 Å². The average Bonchev–Trinajstić information content (AvgIpc) is 2.84. The van der Waals surface area contributed by atoms with Crippen LogP contribution in [0.4, 0.5) is 0 Å². The predicted molar refractivity (Wildman–Crippen MR) is 84.3 cm³/mol. The molecule has 1 heterocycles. The van der Waals surface area contributed by atoms with E-state index in [0.29, 0.717) is 22.9 Å². The molecule has 122 valence electrons. The van der Waals surface area contributed by atoms with Crippen LogP contribution in [0, 0.1) is 16.2 Å². The van der Waals surface area contributed by atoms with Gasteiger partial charge < -0.3 is 9.84 Å². The van der Waals surface area contributed by atoms with Crippen molar-refractivity contribution in [2.24, 2.45) is 16.2 Å². The molecule has 4 saturated carbocycles. The van der Waals surface area contributed by atoms with E-state index in [-0.39, 0.29) is 12.2 Å². The standard InChI is InChI=1S/C18H28N2O2/c1-15-8-16(2)10-17(9-15,14-20-5-3-4-19-20)13-18(11-15,12-16)22-7-6-21/h3-5,21H,6-14H2,1-2H3. The Morgan fingerprint density at radius 3 is 2.41 bits per heavy atom. The second-order valence-corrected chi connectivity index (χ2v) is 9.14. The molecule has 4 aliphatic carbocycles. The molecule has 4 bridgehead atoms. The lowest BCUT2D eigenvalue weighted by atomic mass is 9.39. The van der Waals surface area contributed by atoms with Crippen molar-refractivity contribution in [1.82, 2.24) is 9.78 Å². The first-order valence-electron chi connectivity index (χ1n) is 8.60. The number of aliphatic hydroxyl groups is 1. The molecule has 0 spiro atoms. The van der Waals surface area contributed by atoms with Crippen LogP contribution in [0.1, 0.15) is 52.4 Å². The Hall–Kier alpha value is -0.870. The summed E-state index contributed by atoms with van der Waals surface area (Å²) in [6.07, 6.45) is 11.3. The van der Waals surface area contributed by atoms with Crippen molar-refractivity contribution in [3.8, 4) is 0 Å². The SMILES string of the molecule is CC12CC3(C)CC(Cn4cccn4)(C1)CC(OCCO)(C2)C3. The van der Waals surface area contributed by atoms with E-state index in [9.17, 15) is 5.11 Å². The Balaban J connectivity index is 1.68. The van der Waals surface area contributed by atoms with Crippen LogP contribution < -0.4 is 0 Å². The van der Waals surface area contributed by atoms with Crippen molar-refractivity contribution in [1.29, 1.82) is 0 Å². The summed E-state index contributed by atoms with van der Waals surface area (Å²) in [5.41, 5.74) is 1.05. The highest BCUT2D eigenvalue weighted by atomic mass is 16.5. The van der Waals surface area contributed by atoms with Crippen LogP contribution in [-0.2, 0) is 11.3 Å². The van der Waals surface area contributed by atoms with Gasteiger partial charge >= 0.3 is 0 Å². The summed E-state index contributed by atoms with van der Waals surface area (Å²) in [6.45, 7) is 6.52. The number of aromatic nitrogens is 2. The normalized spacial score (nSPS) is 46.3. The fourth-order valence-corrected chi connectivity index (χ4v) is 7.15. The molecule has 4 fully saturated rings. The van der Waals surface area contributed by atoms with Gasteiger partial charge in [0.15, 0.2) is 0 Å². The minimum atomic E-state index is -0.0197. The van der Waals surface area contributed by atoms with Gasteiger partial charge in [0, 0.05) is 18.9 Å². The number of rotatable bonds is 5. The minimum Gasteiger partial charge on any atom is -0.394 e. The molecular weight excluding hydrogens is 276 g/mol. The summed E-state index contributed by atoms with van der Waals surface area (Å²) in [7, 11) is 0. The van der Waals surface area contributed by atoms with E-state index in [1.807, 2.05) is 12.3 Å². The topological polar surface area (TPSA) is 47.3 Å². The van der Waals surface area contributed by atoms with Crippen molar-refractivity contribution in [2.45, 2.75) is 64.5 Å². The first-order valence-corrected chi connectivity index (χ1v) is 8.60. The van der Waals surface area contributed by atoms with Gasteiger partial charge in [-0.15, -0.1) is 0 Å². The summed E-state index contributed by atoms with van der Waals surface area (Å²) < 4.78 is 8.40. The monoisotopic (exact) mass is 304 g/mol. The molecule has 22 heavy (non-hydrogen) atoms. The van der Waals surface area contributed by atoms with Gasteiger partial charge in [0.25, 0.3) is 0 Å². The molecule has 4 nitrogen and oxygen atoms in total. The van der Waals surface area contributed by atoms with E-state index in [4.69, 9.17) is 4.74 Å². The van der Waals surface area contributed by atoms with Gasteiger partial charge in [-0.3, -0.25) is 4.68 Å². The molecule has 2 atom stereocenters. The van der Waals surface area contributed by atoms with Crippen LogP contribution in [0.2, 0.25) is 0 Å². The predicted octanol–water partition coefficient (Wildman–Crippen LogP) is 3.01. The zero-order valence-corrected chi connectivity index (χ0v) is 13.8. The molecule has 4 heteroatoms. The van der Waals surface area contributed by atoms with Crippen molar-refractivity contribution in [2.75, 3.05) is 13.2 Å². The molecule has 0 saturated heterocycles. The van der Waals surface area contributed by atoms with E-state index in [2.05, 4.69) is 29.8 Å². The largest absolute Gasteiger partial charge is 0.394 e. The summed E-state index contributed by atoms with van der Waals surface area (Å²) in [5, 5.41) is 13.7. The highest BCUT2D eigenvalue weighted by Crippen LogP contribution is 2.71. The van der Waals surface area contributed by atoms with Gasteiger partial charge in [-0.2, -0.15) is 5.10 Å². The summed E-state index contributed by atoms with van der Waals surface area (Å²) in [5.74, 6) is 0. The zero-order valence-electron chi connectivity index (χ0n) is 13.8. The van der Waals surface area contributed by atoms with E-state index in [0.717, 1.165) is 25.8 Å². The van der Waals surface area contributed by atoms with Gasteiger partial charge in [0.2, 0.25) is 0 Å². The van der Waals surface area contributed by atoms with Gasteiger partial charge in [-0.1, -0.05) is 13.8 Å². The van der Waals surface area contributed by atoms with Crippen LogP contribution in [-0.4, -0.2) is 33.7 Å². The molecule has 1 aromatic heterocycles. The fourth-order valence-electron chi connectivity index (χ4n) is 7.15. The highest BCUT2D eigenvalue weighted by Gasteiger charge is 2.66. The van der Waals surface area contributed by atoms with Gasteiger partial charge in [-0.25, -0.2) is 0 Å². The van der Waals surface area contributed by atoms with Crippen molar-refractivity contribution >= 4 is 0 Å². The molecule has 0 radical (unpaired) electrons. The first-order chi connectivity index (χ1) is 10.4. The Morgan fingerprint density at radius 2 is 1.82 bits per heavy atom. The van der Waals surface area contributed by atoms with Crippen LogP contribution in [0.25, 0.3) is 0 Å². The third kappa shape index (κ3) is 2.31. The lowest BCUT2D eigenvalue weighted by Gasteiger charge is -2.69. The summed E-state index contributed by atoms with van der Waals surface area (Å²) >= 11 is 0. The Morgan fingerprint density at radius 1 is 1.09 bits per heavy atom. The maximum absolute atomic E-state index is 9.23. The first kappa shape index (κ1) is 14.7. The molecular formula is C18H28N2O2. The molecule has 0 amide bonds. The fraction of sp³-hybridized carbons (Fsp3) is 0.833. The minimum absolute atomic E-state index is 0.0197. The Bertz CT molecular complexity index is 535. The molecule has 1 aromatic rings. The number of aliphatic hydroxyl groups excluding tert-OH is 1. The maximum atomic E-state index is 9.23. The van der Waals surface area contributed by atoms with Crippen LogP contribution in [0.5, 0.6) is 0 Å². The molecule has 1 N–H and O–H groups in total. The van der Waals surface area contributed by atoms with Crippen LogP contribution in [0.3, 0.4) is 0 Å². The van der Waals surface area contributed by atoms with Crippen LogP contribution in [0.15, 0.2) is 18.5 Å². The maximum Gasteiger partial charge on any atom is 0.0705 e. The van der Waals surface area contributed by atoms with Gasteiger partial charge in [-0.05, 0) is 60.8 Å². The summed E-state index contributed by atoms with van der Waals surface area (Å²) in [6, 6.07) is 2.02. The lowest BCUT2D eigenvalue weighted by molar-refractivity contribution is -0.249. The molecule has 0 aromatic carbocycles. The third-order valence-corrected chi connectivity index (χ3v) is 6.21. The average molecular weight is 304 g/mol. The molecule has 5 rings (SSSR count). The van der Waals surface area contributed by atoms with Crippen molar-refractivity contribution < 1.29 is 9.84 Å². The number of hydrogen-bond acceptors (Lipinski definition) is 3. The summed E-state index contributed by atoms with van der Waals surface area (Å²) in [4.78, 5) is 0. The quantitative estimate of drug-likeness (QED) is 0.909. The van der Waals surface area contributed by atoms with Crippen molar-refractivity contribution in [3.05, 3.63) is 18.5 Å². The molecule has 0 aliphatic heterocycles. The zero-order chi connectivity index (χ0) is 15.5. The van der Waals surface area contributed by atoms with E-state index in [1.165, 1.54) is 19.3 Å². The molecule has 4 aliphatic rings. The second-order valence-electron chi connectivity index (χ2n) is 9.14. The Labute approximate surface area is 132 Å². The number of ether oxygens (including phenoxy) is 1. The Kier molecular flexibility index (Phi) is 3.06. The molecule has 2 unspecified atom stereocenters. The van der Waals surface area contributed by atoms with E-state index >= 15 is 0 Å². The van der Waals surface area contributed by atoms with Gasteiger partial charge in [0.05, 0.1) is 18.8 Å². The second kappa shape index (κ2) is 4.57. The van der Waals surface area contributed by atoms with Gasteiger partial charge in [0.1, 0.15) is 0 Å². The lowest BCUT2D eigenvalue weighted by Crippen LogP contribution is -2.64. The van der Waals surface area contributed by atoms with Crippen LogP contribution >= 0.6 is 0 Å².